The fourth-order valence-electron chi connectivity index (χ4n) is 3.41. The number of likely N-dealkylation sites (tertiary alicyclic amines) is 1. The monoisotopic (exact) mass is 309 g/mol. The maximum absolute atomic E-state index is 6.00. The van der Waals surface area contributed by atoms with Gasteiger partial charge >= 0.3 is 119 Å². The van der Waals surface area contributed by atoms with Crippen LogP contribution in [0.4, 0.5) is 0 Å². The molecule has 100 valence electrons. The van der Waals surface area contributed by atoms with Gasteiger partial charge in [-0.15, -0.1) is 0 Å². The van der Waals surface area contributed by atoms with Crippen LogP contribution in [0.2, 0.25) is 0 Å². The van der Waals surface area contributed by atoms with Gasteiger partial charge in [-0.3, -0.25) is 0 Å². The molecule has 1 unspecified atom stereocenters. The van der Waals surface area contributed by atoms with Crippen molar-refractivity contribution in [1.29, 1.82) is 0 Å². The van der Waals surface area contributed by atoms with Crippen molar-refractivity contribution >= 4 is 16.9 Å². The van der Waals surface area contributed by atoms with Gasteiger partial charge in [0.15, 0.2) is 0 Å². The van der Waals surface area contributed by atoms with Gasteiger partial charge in [0.2, 0.25) is 0 Å². The summed E-state index contributed by atoms with van der Waals surface area (Å²) in [5, 5.41) is 0. The molecule has 2 N–H and O–H groups in total. The predicted octanol–water partition coefficient (Wildman–Crippen LogP) is 0.636. The molecule has 4 heteroatoms. The second kappa shape index (κ2) is 5.30. The van der Waals surface area contributed by atoms with Gasteiger partial charge in [0.1, 0.15) is 0 Å². The van der Waals surface area contributed by atoms with Crippen molar-refractivity contribution in [3.05, 3.63) is 22.3 Å². The molecule has 2 heterocycles. The van der Waals surface area contributed by atoms with Crippen molar-refractivity contribution in [1.82, 2.24) is 9.80 Å². The summed E-state index contributed by atoms with van der Waals surface area (Å²) >= 11 is 1.77. The van der Waals surface area contributed by atoms with Crippen LogP contribution in [0.1, 0.15) is 32.1 Å². The Kier molecular flexibility index (Phi) is 3.72. The molecule has 0 amide bonds. The van der Waals surface area contributed by atoms with Crippen LogP contribution in [-0.2, 0) is 0 Å². The van der Waals surface area contributed by atoms with E-state index < -0.39 is 0 Å². The molecule has 18 heavy (non-hydrogen) atoms. The van der Waals surface area contributed by atoms with E-state index in [1.807, 2.05) is 0 Å². The molecular weight excluding hydrogens is 285 g/mol. The zero-order valence-corrected chi connectivity index (χ0v) is 13.4. The van der Waals surface area contributed by atoms with Crippen LogP contribution in [0.3, 0.4) is 0 Å². The van der Waals surface area contributed by atoms with Crippen LogP contribution in [0.25, 0.3) is 0 Å². The van der Waals surface area contributed by atoms with E-state index in [1.165, 1.54) is 35.9 Å². The fraction of sp³-hybridized carbons (Fsp3) is 0.714. The predicted molar refractivity (Wildman–Crippen MR) is 77.8 cm³/mol. The van der Waals surface area contributed by atoms with E-state index in [0.717, 1.165) is 32.1 Å². The van der Waals surface area contributed by atoms with Gasteiger partial charge < -0.3 is 0 Å². The van der Waals surface area contributed by atoms with E-state index in [2.05, 4.69) is 22.0 Å². The zero-order chi connectivity index (χ0) is 12.5. The molecule has 3 aliphatic rings. The minimum atomic E-state index is 0.373. The third-order valence-corrected chi connectivity index (χ3v) is 5.53. The summed E-state index contributed by atoms with van der Waals surface area (Å²) in [4.78, 5) is 5.07. The summed E-state index contributed by atoms with van der Waals surface area (Å²) in [7, 11) is 0. The molecule has 2 aliphatic heterocycles. The first-order valence-corrected chi connectivity index (χ1v) is 8.39. The first-order valence-electron chi connectivity index (χ1n) is 7.18. The van der Waals surface area contributed by atoms with Gasteiger partial charge in [-0.25, -0.2) is 0 Å². The number of hydrogen-bond donors (Lipinski definition) is 1. The van der Waals surface area contributed by atoms with E-state index >= 15 is 0 Å². The summed E-state index contributed by atoms with van der Waals surface area (Å²) in [6.07, 6.45) is 11.5. The van der Waals surface area contributed by atoms with E-state index in [4.69, 9.17) is 5.73 Å². The van der Waals surface area contributed by atoms with Crippen molar-refractivity contribution in [3.8, 4) is 0 Å². The van der Waals surface area contributed by atoms with E-state index in [9.17, 15) is 0 Å². The summed E-state index contributed by atoms with van der Waals surface area (Å²) in [6.45, 7) is 3.27. The topological polar surface area (TPSA) is 32.5 Å². The number of hydrogen-bond acceptors (Lipinski definition) is 3. The van der Waals surface area contributed by atoms with Crippen molar-refractivity contribution in [2.75, 3.05) is 19.6 Å². The second-order valence-electron chi connectivity index (χ2n) is 5.78. The summed E-state index contributed by atoms with van der Waals surface area (Å²) in [5.41, 5.74) is 7.41. The van der Waals surface area contributed by atoms with Crippen molar-refractivity contribution in [2.45, 2.75) is 44.2 Å². The van der Waals surface area contributed by atoms with Gasteiger partial charge in [0.25, 0.3) is 0 Å². The third-order valence-electron chi connectivity index (χ3n) is 4.48. The number of allylic oxidation sites excluding steroid dienone is 1. The molecule has 1 aliphatic carbocycles. The Morgan fingerprint density at radius 3 is 2.61 bits per heavy atom. The Morgan fingerprint density at radius 2 is 2.00 bits per heavy atom. The van der Waals surface area contributed by atoms with Crippen molar-refractivity contribution < 1.29 is 0 Å². The second-order valence-corrected chi connectivity index (χ2v) is 7.02. The molecule has 2 atom stereocenters. The molecule has 0 aromatic carbocycles. The summed E-state index contributed by atoms with van der Waals surface area (Å²) < 4.78 is 1.51. The molecule has 3 nitrogen and oxygen atoms in total. The third kappa shape index (κ3) is 2.48. The van der Waals surface area contributed by atoms with Gasteiger partial charge in [0.05, 0.1) is 0 Å². The van der Waals surface area contributed by atoms with Crippen molar-refractivity contribution in [3.63, 3.8) is 0 Å². The molecule has 0 aromatic heterocycles. The fourth-order valence-corrected chi connectivity index (χ4v) is 4.43. The van der Waals surface area contributed by atoms with Gasteiger partial charge in [-0.1, -0.05) is 0 Å². The van der Waals surface area contributed by atoms with E-state index in [-0.39, 0.29) is 0 Å². The Balaban J connectivity index is 1.66. The van der Waals surface area contributed by atoms with Crippen LogP contribution in [0, 0.1) is 0 Å². The molecular formula is C14H24AsN3. The number of nitrogens with two attached hydrogens (primary N) is 1. The number of nitrogens with zero attached hydrogens (tertiary/aromatic N) is 2. The first kappa shape index (κ1) is 12.6. The molecule has 2 fully saturated rings. The van der Waals surface area contributed by atoms with Crippen LogP contribution in [0.15, 0.2) is 22.3 Å². The molecule has 0 radical (unpaired) electrons. The summed E-state index contributed by atoms with van der Waals surface area (Å²) in [5.74, 6) is 0. The van der Waals surface area contributed by atoms with E-state index in [1.54, 1.807) is 16.9 Å². The SMILES string of the molecule is N[C@@H]1CCN(C2=CCN(C3CCCC3)C([AsH2])=C2)C1. The number of rotatable bonds is 2. The Morgan fingerprint density at radius 1 is 1.22 bits per heavy atom. The van der Waals surface area contributed by atoms with Gasteiger partial charge in [0, 0.05) is 0 Å². The Bertz CT molecular complexity index is 371. The molecule has 0 spiro atoms. The molecule has 1 saturated carbocycles. The Labute approximate surface area is 119 Å². The molecule has 3 rings (SSSR count). The summed E-state index contributed by atoms with van der Waals surface area (Å²) in [6, 6.07) is 1.18. The molecule has 1 saturated heterocycles. The standard InChI is InChI=1S/C14H24AsN3/c15-14-9-13(17-7-5-11(16)10-17)6-8-18(14)12-3-1-2-4-12/h6,9,11-12H,1-5,7-8,10,15-16H2/t11-/m1/s1. The van der Waals surface area contributed by atoms with Crippen LogP contribution < -0.4 is 5.73 Å². The zero-order valence-electron chi connectivity index (χ0n) is 11.0. The van der Waals surface area contributed by atoms with Crippen LogP contribution in [-0.4, -0.2) is 58.4 Å². The molecule has 0 aromatic rings. The van der Waals surface area contributed by atoms with Crippen LogP contribution in [0.5, 0.6) is 0 Å². The van der Waals surface area contributed by atoms with Gasteiger partial charge in [-0.2, -0.15) is 0 Å². The normalized spacial score (nSPS) is 29.8. The van der Waals surface area contributed by atoms with E-state index in [0.29, 0.717) is 6.04 Å². The first-order chi connectivity index (χ1) is 8.74. The minimum absolute atomic E-state index is 0.373. The average Bonchev–Trinajstić information content (AvgIpc) is 2.99. The average molecular weight is 309 g/mol. The molecule has 0 bridgehead atoms. The maximum atomic E-state index is 6.00. The van der Waals surface area contributed by atoms with Crippen molar-refractivity contribution in [2.24, 2.45) is 5.73 Å². The van der Waals surface area contributed by atoms with Gasteiger partial charge in [-0.05, 0) is 0 Å². The van der Waals surface area contributed by atoms with Crippen LogP contribution >= 0.6 is 0 Å². The quantitative estimate of drug-likeness (QED) is 0.760. The Hall–Kier alpha value is -0.402.